The summed E-state index contributed by atoms with van der Waals surface area (Å²) < 4.78 is 35.2. The molecule has 0 spiro atoms. The van der Waals surface area contributed by atoms with Crippen LogP contribution in [0.25, 0.3) is 10.9 Å². The Balaban J connectivity index is 1.37. The molecule has 5 nitrogen and oxygen atoms in total. The van der Waals surface area contributed by atoms with E-state index < -0.39 is 10.0 Å². The van der Waals surface area contributed by atoms with Gasteiger partial charge in [0.25, 0.3) is 0 Å². The molecule has 0 saturated carbocycles. The van der Waals surface area contributed by atoms with E-state index in [2.05, 4.69) is 27.5 Å². The van der Waals surface area contributed by atoms with Gasteiger partial charge in [-0.1, -0.05) is 18.2 Å². The van der Waals surface area contributed by atoms with E-state index in [-0.39, 0.29) is 0 Å². The summed E-state index contributed by atoms with van der Waals surface area (Å²) in [6.07, 6.45) is 3.53. The number of hydrogen-bond donors (Lipinski definition) is 1. The molecule has 0 unspecified atom stereocenters. The maximum absolute atomic E-state index is 12.4. The Hall–Kier alpha value is -2.31. The molecule has 0 amide bonds. The molecule has 130 valence electrons. The lowest BCUT2D eigenvalue weighted by Gasteiger charge is -2.09. The van der Waals surface area contributed by atoms with Crippen molar-refractivity contribution in [3.8, 4) is 5.75 Å². The van der Waals surface area contributed by atoms with Crippen LogP contribution in [0.5, 0.6) is 5.75 Å². The van der Waals surface area contributed by atoms with Gasteiger partial charge in [0.2, 0.25) is 10.0 Å². The predicted molar refractivity (Wildman–Crippen MR) is 97.4 cm³/mol. The fraction of sp³-hybridized carbons (Fsp3) is 0.263. The predicted octanol–water partition coefficient (Wildman–Crippen LogP) is 2.94. The Bertz CT molecular complexity index is 1010. The second kappa shape index (κ2) is 6.54. The van der Waals surface area contributed by atoms with Gasteiger partial charge in [-0.25, -0.2) is 13.1 Å². The first-order valence-electron chi connectivity index (χ1n) is 8.43. The number of rotatable bonds is 6. The third kappa shape index (κ3) is 3.27. The molecule has 3 aromatic rings. The molecular formula is C19H20N2O3S. The van der Waals surface area contributed by atoms with E-state index in [1.807, 2.05) is 18.3 Å². The van der Waals surface area contributed by atoms with Crippen LogP contribution in [0, 0.1) is 0 Å². The monoisotopic (exact) mass is 356 g/mol. The molecule has 25 heavy (non-hydrogen) atoms. The van der Waals surface area contributed by atoms with Crippen LogP contribution in [0.15, 0.2) is 59.6 Å². The summed E-state index contributed by atoms with van der Waals surface area (Å²) in [7, 11) is -3.48. The molecule has 6 heteroatoms. The third-order valence-electron chi connectivity index (χ3n) is 4.52. The average Bonchev–Trinajstić information content (AvgIpc) is 3.25. The molecule has 0 radical (unpaired) electrons. The van der Waals surface area contributed by atoms with Crippen LogP contribution in [0.4, 0.5) is 0 Å². The number of nitrogens with one attached hydrogen (secondary N) is 1. The van der Waals surface area contributed by atoms with Crippen molar-refractivity contribution in [2.45, 2.75) is 24.3 Å². The second-order valence-electron chi connectivity index (χ2n) is 6.19. The molecule has 2 heterocycles. The van der Waals surface area contributed by atoms with Crippen molar-refractivity contribution in [2.24, 2.45) is 0 Å². The molecule has 1 N–H and O–H groups in total. The molecule has 0 atom stereocenters. The first-order chi connectivity index (χ1) is 12.1. The van der Waals surface area contributed by atoms with E-state index in [0.29, 0.717) is 18.0 Å². The standard InChI is InChI=1S/C19H20N2O3S/c22-25(23,17-6-7-19-16(14-17)9-13-24-19)20-10-3-11-21-12-8-15-4-1-2-5-18(15)21/h1-2,4-8,12,14,20H,3,9-11,13H2. The number of sulfonamides is 1. The molecule has 0 bridgehead atoms. The molecule has 2 aromatic carbocycles. The van der Waals surface area contributed by atoms with Gasteiger partial charge in [-0.05, 0) is 47.7 Å². The maximum Gasteiger partial charge on any atom is 0.240 e. The third-order valence-corrected chi connectivity index (χ3v) is 5.98. The molecule has 1 aliphatic rings. The normalized spacial score (nSPS) is 13.8. The number of aryl methyl sites for hydroxylation is 1. The van der Waals surface area contributed by atoms with E-state index in [1.54, 1.807) is 18.2 Å². The average molecular weight is 356 g/mol. The molecular weight excluding hydrogens is 336 g/mol. The lowest BCUT2D eigenvalue weighted by molar-refractivity contribution is 0.356. The smallest absolute Gasteiger partial charge is 0.240 e. The minimum Gasteiger partial charge on any atom is -0.493 e. The number of para-hydroxylation sites is 1. The first-order valence-corrected chi connectivity index (χ1v) is 9.91. The Morgan fingerprint density at radius 3 is 2.92 bits per heavy atom. The van der Waals surface area contributed by atoms with Crippen LogP contribution < -0.4 is 9.46 Å². The zero-order valence-corrected chi connectivity index (χ0v) is 14.6. The Morgan fingerprint density at radius 2 is 2.00 bits per heavy atom. The summed E-state index contributed by atoms with van der Waals surface area (Å²) in [4.78, 5) is 0.308. The lowest BCUT2D eigenvalue weighted by atomic mass is 10.2. The molecule has 0 aliphatic carbocycles. The topological polar surface area (TPSA) is 60.3 Å². The minimum absolute atomic E-state index is 0.308. The lowest BCUT2D eigenvalue weighted by Crippen LogP contribution is -2.25. The van der Waals surface area contributed by atoms with E-state index in [9.17, 15) is 8.42 Å². The summed E-state index contributed by atoms with van der Waals surface area (Å²) in [5, 5.41) is 1.20. The van der Waals surface area contributed by atoms with Gasteiger partial charge < -0.3 is 9.30 Å². The van der Waals surface area contributed by atoms with Crippen LogP contribution in [0.1, 0.15) is 12.0 Å². The van der Waals surface area contributed by atoms with E-state index >= 15 is 0 Å². The van der Waals surface area contributed by atoms with Gasteiger partial charge in [-0.2, -0.15) is 0 Å². The number of hydrogen-bond acceptors (Lipinski definition) is 3. The Labute approximate surface area is 147 Å². The van der Waals surface area contributed by atoms with Crippen LogP contribution in [-0.2, 0) is 23.0 Å². The highest BCUT2D eigenvalue weighted by Crippen LogP contribution is 2.27. The summed E-state index contributed by atoms with van der Waals surface area (Å²) in [6, 6.07) is 15.3. The summed E-state index contributed by atoms with van der Waals surface area (Å²) in [6.45, 7) is 1.80. The number of ether oxygens (including phenoxy) is 1. The fourth-order valence-electron chi connectivity index (χ4n) is 3.20. The molecule has 4 rings (SSSR count). The van der Waals surface area contributed by atoms with Crippen LogP contribution in [-0.4, -0.2) is 26.1 Å². The van der Waals surface area contributed by atoms with Crippen molar-refractivity contribution in [3.63, 3.8) is 0 Å². The summed E-state index contributed by atoms with van der Waals surface area (Å²) in [5.41, 5.74) is 2.13. The van der Waals surface area contributed by atoms with Gasteiger partial charge in [0.15, 0.2) is 0 Å². The molecule has 1 aliphatic heterocycles. The first kappa shape index (κ1) is 16.2. The van der Waals surface area contributed by atoms with Crippen molar-refractivity contribution >= 4 is 20.9 Å². The van der Waals surface area contributed by atoms with Crippen molar-refractivity contribution in [2.75, 3.05) is 13.2 Å². The Kier molecular flexibility index (Phi) is 4.23. The van der Waals surface area contributed by atoms with Gasteiger partial charge in [-0.3, -0.25) is 0 Å². The van der Waals surface area contributed by atoms with Crippen molar-refractivity contribution < 1.29 is 13.2 Å². The van der Waals surface area contributed by atoms with E-state index in [4.69, 9.17) is 4.74 Å². The zero-order chi connectivity index (χ0) is 17.3. The maximum atomic E-state index is 12.4. The largest absolute Gasteiger partial charge is 0.493 e. The highest BCUT2D eigenvalue weighted by atomic mass is 32.2. The number of nitrogens with zero attached hydrogens (tertiary/aromatic N) is 1. The van der Waals surface area contributed by atoms with Crippen molar-refractivity contribution in [1.82, 2.24) is 9.29 Å². The van der Waals surface area contributed by atoms with Gasteiger partial charge in [0, 0.05) is 31.2 Å². The van der Waals surface area contributed by atoms with E-state index in [1.165, 1.54) is 10.9 Å². The van der Waals surface area contributed by atoms with Gasteiger partial charge in [-0.15, -0.1) is 0 Å². The SMILES string of the molecule is O=S(=O)(NCCCn1ccc2ccccc21)c1ccc2c(c1)CCO2. The second-order valence-corrected chi connectivity index (χ2v) is 7.95. The van der Waals surface area contributed by atoms with Gasteiger partial charge >= 0.3 is 0 Å². The highest BCUT2D eigenvalue weighted by Gasteiger charge is 2.18. The van der Waals surface area contributed by atoms with Crippen molar-refractivity contribution in [1.29, 1.82) is 0 Å². The minimum atomic E-state index is -3.48. The number of fused-ring (bicyclic) bond motifs is 2. The molecule has 1 aromatic heterocycles. The highest BCUT2D eigenvalue weighted by molar-refractivity contribution is 7.89. The van der Waals surface area contributed by atoms with Crippen LogP contribution in [0.3, 0.4) is 0 Å². The van der Waals surface area contributed by atoms with Crippen molar-refractivity contribution in [3.05, 3.63) is 60.3 Å². The zero-order valence-electron chi connectivity index (χ0n) is 13.8. The quantitative estimate of drug-likeness (QED) is 0.691. The van der Waals surface area contributed by atoms with Crippen LogP contribution >= 0.6 is 0 Å². The summed E-state index contributed by atoms with van der Waals surface area (Å²) in [5.74, 6) is 0.790. The van der Waals surface area contributed by atoms with E-state index in [0.717, 1.165) is 30.7 Å². The van der Waals surface area contributed by atoms with Crippen LogP contribution in [0.2, 0.25) is 0 Å². The number of benzene rings is 2. The number of aromatic nitrogens is 1. The molecule has 0 fully saturated rings. The van der Waals surface area contributed by atoms with Gasteiger partial charge in [0.05, 0.1) is 11.5 Å². The fourth-order valence-corrected chi connectivity index (χ4v) is 4.33. The Morgan fingerprint density at radius 1 is 1.12 bits per heavy atom. The van der Waals surface area contributed by atoms with Gasteiger partial charge in [0.1, 0.15) is 5.75 Å². The summed E-state index contributed by atoms with van der Waals surface area (Å²) >= 11 is 0. The molecule has 0 saturated heterocycles.